The minimum absolute atomic E-state index is 0.0410. The van der Waals surface area contributed by atoms with Gasteiger partial charge < -0.3 is 10.2 Å². The van der Waals surface area contributed by atoms with Crippen LogP contribution in [0.1, 0.15) is 18.1 Å². The molecule has 1 atom stereocenters. The lowest BCUT2D eigenvalue weighted by Gasteiger charge is -2.34. The number of carbonyl (C=O) groups excluding carboxylic acids is 2. The molecule has 230 valence electrons. The van der Waals surface area contributed by atoms with Crippen molar-refractivity contribution < 1.29 is 18.0 Å². The van der Waals surface area contributed by atoms with Gasteiger partial charge in [-0.25, -0.2) is 8.42 Å². The number of hydrogen-bond donors (Lipinski definition) is 1. The third-order valence-corrected chi connectivity index (χ3v) is 9.53. The van der Waals surface area contributed by atoms with Crippen molar-refractivity contribution in [1.82, 2.24) is 10.2 Å². The SMILES string of the molecule is CCNC(=O)C(Cc1ccccc1)N(Cc1ccc(Cl)cc1Cl)C(=O)CN(c1cc(Cl)cc(Cl)c1)S(=O)(=O)c1ccccc1. The van der Waals surface area contributed by atoms with Gasteiger partial charge in [0.15, 0.2) is 0 Å². The summed E-state index contributed by atoms with van der Waals surface area (Å²) >= 11 is 25.2. The largest absolute Gasteiger partial charge is 0.355 e. The van der Waals surface area contributed by atoms with Gasteiger partial charge in [-0.2, -0.15) is 0 Å². The maximum atomic E-state index is 14.4. The first-order valence-electron chi connectivity index (χ1n) is 13.6. The maximum absolute atomic E-state index is 14.4. The smallest absolute Gasteiger partial charge is 0.264 e. The molecule has 0 aromatic heterocycles. The van der Waals surface area contributed by atoms with E-state index < -0.39 is 34.4 Å². The number of nitrogens with zero attached hydrogens (tertiary/aromatic N) is 2. The lowest BCUT2D eigenvalue weighted by molar-refractivity contribution is -0.140. The van der Waals surface area contributed by atoms with E-state index in [0.29, 0.717) is 22.2 Å². The first-order chi connectivity index (χ1) is 21.0. The Morgan fingerprint density at radius 1 is 0.795 bits per heavy atom. The van der Waals surface area contributed by atoms with E-state index in [2.05, 4.69) is 5.32 Å². The van der Waals surface area contributed by atoms with E-state index in [1.165, 1.54) is 35.2 Å². The molecular formula is C32H29Cl4N3O4S. The number of carbonyl (C=O) groups is 2. The fourth-order valence-corrected chi connectivity index (χ4v) is 7.01. The molecule has 0 spiro atoms. The summed E-state index contributed by atoms with van der Waals surface area (Å²) in [5, 5.41) is 3.87. The van der Waals surface area contributed by atoms with Gasteiger partial charge in [0, 0.05) is 39.6 Å². The second-order valence-corrected chi connectivity index (χ2v) is 13.4. The zero-order chi connectivity index (χ0) is 31.9. The molecule has 4 aromatic rings. The minimum Gasteiger partial charge on any atom is -0.355 e. The fourth-order valence-electron chi connectivity index (χ4n) is 4.61. The quantitative estimate of drug-likeness (QED) is 0.169. The van der Waals surface area contributed by atoms with E-state index in [-0.39, 0.29) is 33.6 Å². The van der Waals surface area contributed by atoms with Crippen LogP contribution in [-0.4, -0.2) is 44.3 Å². The Hall–Kier alpha value is -3.27. The Bertz CT molecular complexity index is 1700. The van der Waals surface area contributed by atoms with Crippen LogP contribution in [0.2, 0.25) is 20.1 Å². The van der Waals surface area contributed by atoms with Gasteiger partial charge in [0.1, 0.15) is 12.6 Å². The van der Waals surface area contributed by atoms with Crippen molar-refractivity contribution in [3.05, 3.63) is 128 Å². The maximum Gasteiger partial charge on any atom is 0.264 e. The van der Waals surface area contributed by atoms with Crippen molar-refractivity contribution >= 4 is 73.9 Å². The molecule has 2 amide bonds. The van der Waals surface area contributed by atoms with E-state index in [1.54, 1.807) is 43.3 Å². The lowest BCUT2D eigenvalue weighted by Crippen LogP contribution is -2.53. The molecule has 0 saturated carbocycles. The summed E-state index contributed by atoms with van der Waals surface area (Å²) < 4.78 is 29.0. The zero-order valence-corrected chi connectivity index (χ0v) is 27.4. The average molecular weight is 693 g/mol. The Morgan fingerprint density at radius 3 is 2.00 bits per heavy atom. The second kappa shape index (κ2) is 15.1. The molecule has 1 N–H and O–H groups in total. The van der Waals surface area contributed by atoms with Crippen LogP contribution in [0.3, 0.4) is 0 Å². The van der Waals surface area contributed by atoms with Gasteiger partial charge in [-0.3, -0.25) is 13.9 Å². The van der Waals surface area contributed by atoms with Crippen LogP contribution >= 0.6 is 46.4 Å². The first kappa shape index (κ1) is 33.6. The van der Waals surface area contributed by atoms with Crippen molar-refractivity contribution in [2.45, 2.75) is 30.8 Å². The third kappa shape index (κ3) is 8.46. The molecule has 0 aliphatic rings. The average Bonchev–Trinajstić information content (AvgIpc) is 2.99. The van der Waals surface area contributed by atoms with E-state index in [1.807, 2.05) is 30.3 Å². The molecule has 0 radical (unpaired) electrons. The molecule has 4 aromatic carbocycles. The number of benzene rings is 4. The van der Waals surface area contributed by atoms with Crippen LogP contribution < -0.4 is 9.62 Å². The van der Waals surface area contributed by atoms with E-state index >= 15 is 0 Å². The van der Waals surface area contributed by atoms with Crippen LogP contribution in [0.25, 0.3) is 0 Å². The van der Waals surface area contributed by atoms with Crippen molar-refractivity contribution in [2.75, 3.05) is 17.4 Å². The summed E-state index contributed by atoms with van der Waals surface area (Å²) in [6.07, 6.45) is 0.165. The highest BCUT2D eigenvalue weighted by Crippen LogP contribution is 2.31. The second-order valence-electron chi connectivity index (χ2n) is 9.81. The summed E-state index contributed by atoms with van der Waals surface area (Å²) in [6.45, 7) is 1.34. The van der Waals surface area contributed by atoms with E-state index in [0.717, 1.165) is 9.87 Å². The molecule has 0 heterocycles. The molecule has 0 aliphatic heterocycles. The van der Waals surface area contributed by atoms with Crippen molar-refractivity contribution in [3.8, 4) is 0 Å². The fraction of sp³-hybridized carbons (Fsp3) is 0.188. The van der Waals surface area contributed by atoms with Gasteiger partial charge in [0.2, 0.25) is 11.8 Å². The first-order valence-corrected chi connectivity index (χ1v) is 16.5. The van der Waals surface area contributed by atoms with Crippen LogP contribution in [0, 0.1) is 0 Å². The predicted molar refractivity (Wildman–Crippen MR) is 177 cm³/mol. The Labute approximate surface area is 277 Å². The summed E-state index contributed by atoms with van der Waals surface area (Å²) in [6, 6.07) is 25.0. The molecule has 0 saturated heterocycles. The van der Waals surface area contributed by atoms with Gasteiger partial charge in [-0.05, 0) is 60.5 Å². The number of amides is 2. The summed E-state index contributed by atoms with van der Waals surface area (Å²) in [7, 11) is -4.29. The Morgan fingerprint density at radius 2 is 1.41 bits per heavy atom. The van der Waals surface area contributed by atoms with Gasteiger partial charge >= 0.3 is 0 Å². The summed E-state index contributed by atoms with van der Waals surface area (Å²) in [5.41, 5.74) is 1.41. The monoisotopic (exact) mass is 691 g/mol. The van der Waals surface area contributed by atoms with Gasteiger partial charge in [0.25, 0.3) is 10.0 Å². The number of sulfonamides is 1. The normalized spacial score (nSPS) is 11.9. The standard InChI is InChI=1S/C32H29Cl4N3O4S/c1-2-37-32(41)30(15-22-9-5-3-6-10-22)38(20-23-13-14-24(33)19-29(23)36)31(40)21-39(27-17-25(34)16-26(35)18-27)44(42,43)28-11-7-4-8-12-28/h3-14,16-19,30H,2,15,20-21H2,1H3,(H,37,41). The number of halogens is 4. The predicted octanol–water partition coefficient (Wildman–Crippen LogP) is 7.27. The number of likely N-dealkylation sites (N-methyl/N-ethyl adjacent to an activating group) is 1. The van der Waals surface area contributed by atoms with Crippen LogP contribution in [0.15, 0.2) is 102 Å². The van der Waals surface area contributed by atoms with Crippen LogP contribution in [-0.2, 0) is 32.6 Å². The molecule has 1 unspecified atom stereocenters. The molecule has 0 fully saturated rings. The van der Waals surface area contributed by atoms with E-state index in [9.17, 15) is 18.0 Å². The number of hydrogen-bond acceptors (Lipinski definition) is 4. The molecule has 7 nitrogen and oxygen atoms in total. The number of anilines is 1. The molecule has 44 heavy (non-hydrogen) atoms. The van der Waals surface area contributed by atoms with Gasteiger partial charge in [-0.15, -0.1) is 0 Å². The van der Waals surface area contributed by atoms with Crippen molar-refractivity contribution in [2.24, 2.45) is 0 Å². The zero-order valence-electron chi connectivity index (χ0n) is 23.6. The highest BCUT2D eigenvalue weighted by Gasteiger charge is 2.35. The summed E-state index contributed by atoms with van der Waals surface area (Å²) in [5.74, 6) is -1.06. The third-order valence-electron chi connectivity index (χ3n) is 6.72. The van der Waals surface area contributed by atoms with Crippen LogP contribution in [0.5, 0.6) is 0 Å². The highest BCUT2D eigenvalue weighted by atomic mass is 35.5. The van der Waals surface area contributed by atoms with Crippen molar-refractivity contribution in [1.29, 1.82) is 0 Å². The topological polar surface area (TPSA) is 86.8 Å². The molecule has 0 bridgehead atoms. The van der Waals surface area contributed by atoms with Gasteiger partial charge in [-0.1, -0.05) is 101 Å². The number of rotatable bonds is 12. The van der Waals surface area contributed by atoms with E-state index in [4.69, 9.17) is 46.4 Å². The highest BCUT2D eigenvalue weighted by molar-refractivity contribution is 7.92. The van der Waals surface area contributed by atoms with Gasteiger partial charge in [0.05, 0.1) is 10.6 Å². The lowest BCUT2D eigenvalue weighted by atomic mass is 10.0. The summed E-state index contributed by atoms with van der Waals surface area (Å²) in [4.78, 5) is 29.3. The van der Waals surface area contributed by atoms with Crippen LogP contribution in [0.4, 0.5) is 5.69 Å². The molecular weight excluding hydrogens is 664 g/mol. The molecule has 4 rings (SSSR count). The van der Waals surface area contributed by atoms with Crippen molar-refractivity contribution in [3.63, 3.8) is 0 Å². The minimum atomic E-state index is -4.29. The molecule has 0 aliphatic carbocycles. The molecule has 12 heteroatoms. The Balaban J connectivity index is 1.83. The Kier molecular flexibility index (Phi) is 11.6. The number of nitrogens with one attached hydrogen (secondary N) is 1.